The molecule has 1 amide bonds. The standard InChI is InChI=1S/C9H15NO3/c1-4-5-8(11)10(3)6-7(2)9(12)13/h4-5,7H,6H2,1-3H3,(H,12,13). The van der Waals surface area contributed by atoms with Crippen LogP contribution in [0.3, 0.4) is 0 Å². The SMILES string of the molecule is CC=CC(=O)N(C)CC(C)C(=O)O. The molecule has 0 saturated heterocycles. The number of carboxylic acid groups (broad SMARTS) is 1. The smallest absolute Gasteiger partial charge is 0.308 e. The molecule has 0 bridgehead atoms. The molecule has 0 aromatic rings. The van der Waals surface area contributed by atoms with E-state index in [-0.39, 0.29) is 12.5 Å². The van der Waals surface area contributed by atoms with Crippen LogP contribution in [-0.4, -0.2) is 35.5 Å². The van der Waals surface area contributed by atoms with E-state index in [0.29, 0.717) is 0 Å². The van der Waals surface area contributed by atoms with Crippen LogP contribution in [0.5, 0.6) is 0 Å². The molecule has 0 aromatic heterocycles. The van der Waals surface area contributed by atoms with Crippen molar-refractivity contribution in [1.29, 1.82) is 0 Å². The van der Waals surface area contributed by atoms with Gasteiger partial charge >= 0.3 is 5.97 Å². The zero-order valence-electron chi connectivity index (χ0n) is 8.15. The number of rotatable bonds is 4. The molecule has 0 radical (unpaired) electrons. The van der Waals surface area contributed by atoms with E-state index in [1.165, 1.54) is 11.0 Å². The van der Waals surface area contributed by atoms with Crippen molar-refractivity contribution in [2.45, 2.75) is 13.8 Å². The lowest BCUT2D eigenvalue weighted by molar-refractivity contribution is -0.142. The molecule has 0 rings (SSSR count). The Kier molecular flexibility index (Phi) is 4.80. The third kappa shape index (κ3) is 4.30. The number of allylic oxidation sites excluding steroid dienone is 1. The average Bonchev–Trinajstić information content (AvgIpc) is 2.04. The lowest BCUT2D eigenvalue weighted by Gasteiger charge is -2.17. The van der Waals surface area contributed by atoms with E-state index in [2.05, 4.69) is 0 Å². The summed E-state index contributed by atoms with van der Waals surface area (Å²) < 4.78 is 0. The van der Waals surface area contributed by atoms with Crippen molar-refractivity contribution in [3.63, 3.8) is 0 Å². The van der Waals surface area contributed by atoms with Gasteiger partial charge in [0.15, 0.2) is 0 Å². The van der Waals surface area contributed by atoms with Crippen LogP contribution < -0.4 is 0 Å². The summed E-state index contributed by atoms with van der Waals surface area (Å²) in [5, 5.41) is 8.59. The molecular weight excluding hydrogens is 170 g/mol. The van der Waals surface area contributed by atoms with Crippen LogP contribution in [-0.2, 0) is 9.59 Å². The normalized spacial score (nSPS) is 12.8. The maximum Gasteiger partial charge on any atom is 0.308 e. The first kappa shape index (κ1) is 11.7. The van der Waals surface area contributed by atoms with Crippen LogP contribution in [0.25, 0.3) is 0 Å². The quantitative estimate of drug-likeness (QED) is 0.657. The second kappa shape index (κ2) is 5.35. The van der Waals surface area contributed by atoms with Gasteiger partial charge in [-0.1, -0.05) is 13.0 Å². The number of carbonyl (C=O) groups excluding carboxylic acids is 1. The Morgan fingerprint density at radius 3 is 2.46 bits per heavy atom. The van der Waals surface area contributed by atoms with Gasteiger partial charge in [-0.15, -0.1) is 0 Å². The van der Waals surface area contributed by atoms with Crippen molar-refractivity contribution >= 4 is 11.9 Å². The van der Waals surface area contributed by atoms with Crippen molar-refractivity contribution < 1.29 is 14.7 Å². The minimum atomic E-state index is -0.889. The van der Waals surface area contributed by atoms with Gasteiger partial charge in [-0.3, -0.25) is 9.59 Å². The van der Waals surface area contributed by atoms with Crippen LogP contribution in [0.2, 0.25) is 0 Å². The predicted octanol–water partition coefficient (Wildman–Crippen LogP) is 0.742. The summed E-state index contributed by atoms with van der Waals surface area (Å²) >= 11 is 0. The molecule has 74 valence electrons. The number of hydrogen-bond acceptors (Lipinski definition) is 2. The Hall–Kier alpha value is -1.32. The summed E-state index contributed by atoms with van der Waals surface area (Å²) in [4.78, 5) is 23.0. The molecule has 1 atom stereocenters. The first-order chi connectivity index (χ1) is 5.99. The summed E-state index contributed by atoms with van der Waals surface area (Å²) in [7, 11) is 1.59. The van der Waals surface area contributed by atoms with Gasteiger partial charge in [-0.25, -0.2) is 0 Å². The molecule has 1 N–H and O–H groups in total. The minimum absolute atomic E-state index is 0.171. The molecule has 0 aliphatic rings. The first-order valence-electron chi connectivity index (χ1n) is 4.09. The monoisotopic (exact) mass is 185 g/mol. The maximum absolute atomic E-state index is 11.1. The Labute approximate surface area is 77.8 Å². The highest BCUT2D eigenvalue weighted by Crippen LogP contribution is 1.98. The van der Waals surface area contributed by atoms with E-state index < -0.39 is 11.9 Å². The molecule has 0 aromatic carbocycles. The van der Waals surface area contributed by atoms with Gasteiger partial charge in [0.2, 0.25) is 5.91 Å². The second-order valence-electron chi connectivity index (χ2n) is 2.96. The Balaban J connectivity index is 4.07. The lowest BCUT2D eigenvalue weighted by atomic mass is 10.2. The molecule has 0 saturated carbocycles. The van der Waals surface area contributed by atoms with Gasteiger partial charge in [0.05, 0.1) is 5.92 Å². The molecule has 4 nitrogen and oxygen atoms in total. The van der Waals surface area contributed by atoms with E-state index in [4.69, 9.17) is 5.11 Å². The van der Waals surface area contributed by atoms with E-state index in [9.17, 15) is 9.59 Å². The van der Waals surface area contributed by atoms with Crippen LogP contribution in [0.15, 0.2) is 12.2 Å². The first-order valence-corrected chi connectivity index (χ1v) is 4.09. The summed E-state index contributed by atoms with van der Waals surface area (Å²) in [6, 6.07) is 0. The van der Waals surface area contributed by atoms with E-state index in [0.717, 1.165) is 0 Å². The third-order valence-corrected chi connectivity index (χ3v) is 1.65. The Bertz CT molecular complexity index is 223. The number of hydrogen-bond donors (Lipinski definition) is 1. The second-order valence-corrected chi connectivity index (χ2v) is 2.96. The number of amides is 1. The van der Waals surface area contributed by atoms with Gasteiger partial charge in [0.25, 0.3) is 0 Å². The fraction of sp³-hybridized carbons (Fsp3) is 0.556. The fourth-order valence-electron chi connectivity index (χ4n) is 0.849. The molecule has 1 unspecified atom stereocenters. The number of aliphatic carboxylic acids is 1. The molecule has 4 heteroatoms. The van der Waals surface area contributed by atoms with Crippen molar-refractivity contribution in [2.24, 2.45) is 5.92 Å². The minimum Gasteiger partial charge on any atom is -0.481 e. The van der Waals surface area contributed by atoms with Crippen molar-refractivity contribution in [3.8, 4) is 0 Å². The average molecular weight is 185 g/mol. The van der Waals surface area contributed by atoms with E-state index in [1.54, 1.807) is 27.0 Å². The van der Waals surface area contributed by atoms with Crippen molar-refractivity contribution in [1.82, 2.24) is 4.90 Å². The summed E-state index contributed by atoms with van der Waals surface area (Å²) in [5.74, 6) is -1.59. The number of carbonyl (C=O) groups is 2. The van der Waals surface area contributed by atoms with Crippen molar-refractivity contribution in [2.75, 3.05) is 13.6 Å². The number of likely N-dealkylation sites (N-methyl/N-ethyl adjacent to an activating group) is 1. The number of carboxylic acids is 1. The Morgan fingerprint density at radius 1 is 1.54 bits per heavy atom. The molecule has 0 spiro atoms. The van der Waals surface area contributed by atoms with Gasteiger partial charge in [0, 0.05) is 13.6 Å². The molecule has 0 heterocycles. The molecular formula is C9H15NO3. The van der Waals surface area contributed by atoms with Crippen LogP contribution in [0.4, 0.5) is 0 Å². The van der Waals surface area contributed by atoms with E-state index in [1.807, 2.05) is 0 Å². The molecule has 0 fully saturated rings. The molecule has 0 aliphatic carbocycles. The van der Waals surface area contributed by atoms with Crippen LogP contribution in [0, 0.1) is 5.92 Å². The summed E-state index contributed by atoms with van der Waals surface area (Å²) in [5.41, 5.74) is 0. The lowest BCUT2D eigenvalue weighted by Crippen LogP contribution is -2.32. The Morgan fingerprint density at radius 2 is 2.08 bits per heavy atom. The number of nitrogens with zero attached hydrogens (tertiary/aromatic N) is 1. The molecule has 13 heavy (non-hydrogen) atoms. The van der Waals surface area contributed by atoms with Crippen LogP contribution in [0.1, 0.15) is 13.8 Å². The highest BCUT2D eigenvalue weighted by molar-refractivity contribution is 5.87. The predicted molar refractivity (Wildman–Crippen MR) is 49.3 cm³/mol. The third-order valence-electron chi connectivity index (χ3n) is 1.65. The van der Waals surface area contributed by atoms with Gasteiger partial charge in [-0.2, -0.15) is 0 Å². The van der Waals surface area contributed by atoms with Gasteiger partial charge in [-0.05, 0) is 13.0 Å². The zero-order valence-corrected chi connectivity index (χ0v) is 8.15. The topological polar surface area (TPSA) is 57.6 Å². The van der Waals surface area contributed by atoms with Gasteiger partial charge < -0.3 is 10.0 Å². The highest BCUT2D eigenvalue weighted by atomic mass is 16.4. The van der Waals surface area contributed by atoms with Crippen LogP contribution >= 0.6 is 0 Å². The van der Waals surface area contributed by atoms with Gasteiger partial charge in [0.1, 0.15) is 0 Å². The van der Waals surface area contributed by atoms with Crippen molar-refractivity contribution in [3.05, 3.63) is 12.2 Å². The zero-order chi connectivity index (χ0) is 10.4. The largest absolute Gasteiger partial charge is 0.481 e. The van der Waals surface area contributed by atoms with E-state index >= 15 is 0 Å². The fourth-order valence-corrected chi connectivity index (χ4v) is 0.849. The summed E-state index contributed by atoms with van der Waals surface area (Å²) in [6.45, 7) is 3.55. The highest BCUT2D eigenvalue weighted by Gasteiger charge is 2.15. The molecule has 0 aliphatic heterocycles. The maximum atomic E-state index is 11.1. The summed E-state index contributed by atoms with van der Waals surface area (Å²) in [6.07, 6.45) is 3.04.